The molecule has 23 heavy (non-hydrogen) atoms. The molecule has 2 rings (SSSR count). The molecule has 1 aromatic heterocycles. The molecule has 2 aromatic rings. The molecule has 0 spiro atoms. The number of nitrogens with two attached hydrogens (primary N) is 1. The van der Waals surface area contributed by atoms with Crippen LogP contribution in [-0.2, 0) is 11.3 Å². The van der Waals surface area contributed by atoms with Crippen LogP contribution in [0.5, 0.6) is 0 Å². The van der Waals surface area contributed by atoms with Crippen molar-refractivity contribution < 1.29 is 14.4 Å². The summed E-state index contributed by atoms with van der Waals surface area (Å²) in [6, 6.07) is 10.00. The van der Waals surface area contributed by atoms with Gasteiger partial charge in [-0.3, -0.25) is 14.4 Å². The Morgan fingerprint density at radius 3 is 2.26 bits per heavy atom. The van der Waals surface area contributed by atoms with Crippen molar-refractivity contribution in [1.29, 1.82) is 0 Å². The van der Waals surface area contributed by atoms with Crippen LogP contribution in [0.3, 0.4) is 0 Å². The Morgan fingerprint density at radius 1 is 1.00 bits per heavy atom. The maximum absolute atomic E-state index is 11.9. The Morgan fingerprint density at radius 2 is 1.70 bits per heavy atom. The van der Waals surface area contributed by atoms with Crippen LogP contribution in [0.25, 0.3) is 0 Å². The zero-order chi connectivity index (χ0) is 16.8. The number of benzene rings is 1. The van der Waals surface area contributed by atoms with E-state index in [2.05, 4.69) is 10.6 Å². The van der Waals surface area contributed by atoms with E-state index < -0.39 is 5.91 Å². The van der Waals surface area contributed by atoms with E-state index in [0.29, 0.717) is 21.3 Å². The van der Waals surface area contributed by atoms with Crippen molar-refractivity contribution in [3.63, 3.8) is 0 Å². The van der Waals surface area contributed by atoms with Gasteiger partial charge in [0.2, 0.25) is 5.91 Å². The molecule has 6 nitrogen and oxygen atoms in total. The predicted octanol–water partition coefficient (Wildman–Crippen LogP) is 1.55. The summed E-state index contributed by atoms with van der Waals surface area (Å²) in [5.41, 5.74) is 6.21. The lowest BCUT2D eigenvalue weighted by Gasteiger charge is -2.06. The van der Waals surface area contributed by atoms with Crippen molar-refractivity contribution in [3.05, 3.63) is 56.7 Å². The Hall–Kier alpha value is -2.38. The van der Waals surface area contributed by atoms with E-state index in [4.69, 9.17) is 17.3 Å². The van der Waals surface area contributed by atoms with E-state index >= 15 is 0 Å². The van der Waals surface area contributed by atoms with Crippen molar-refractivity contribution in [3.8, 4) is 0 Å². The molecule has 0 aliphatic carbocycles. The van der Waals surface area contributed by atoms with Gasteiger partial charge in [0, 0.05) is 12.1 Å². The summed E-state index contributed by atoms with van der Waals surface area (Å²) in [5.74, 6) is -1.19. The smallest absolute Gasteiger partial charge is 0.261 e. The van der Waals surface area contributed by atoms with E-state index in [1.165, 1.54) is 11.3 Å². The molecular weight excluding hydrogens is 338 g/mol. The predicted molar refractivity (Wildman–Crippen MR) is 88.5 cm³/mol. The number of carbonyl (C=O) groups excluding carboxylic acids is 3. The van der Waals surface area contributed by atoms with Crippen molar-refractivity contribution >= 4 is 40.7 Å². The Kier molecular flexibility index (Phi) is 5.72. The minimum atomic E-state index is -0.605. The lowest BCUT2D eigenvalue weighted by Crippen LogP contribution is -2.33. The lowest BCUT2D eigenvalue weighted by atomic mass is 10.1. The second-order valence-corrected chi connectivity index (χ2v) is 6.35. The fraction of sp³-hybridized carbons (Fsp3) is 0.133. The largest absolute Gasteiger partial charge is 0.368 e. The molecule has 8 heteroatoms. The highest BCUT2D eigenvalue weighted by molar-refractivity contribution is 7.17. The number of carbonyl (C=O) groups is 3. The second-order valence-electron chi connectivity index (χ2n) is 4.63. The number of rotatable bonds is 6. The van der Waals surface area contributed by atoms with Crippen molar-refractivity contribution in [2.24, 2.45) is 5.73 Å². The molecule has 0 radical (unpaired) electrons. The van der Waals surface area contributed by atoms with Gasteiger partial charge in [0.15, 0.2) is 0 Å². The number of nitrogens with one attached hydrogen (secondary N) is 2. The van der Waals surface area contributed by atoms with Crippen LogP contribution in [0.4, 0.5) is 0 Å². The quantitative estimate of drug-likeness (QED) is 0.735. The van der Waals surface area contributed by atoms with Gasteiger partial charge in [0.25, 0.3) is 11.8 Å². The number of halogens is 1. The summed E-state index contributed by atoms with van der Waals surface area (Å²) in [6.45, 7) is 0.123. The van der Waals surface area contributed by atoms with Gasteiger partial charge < -0.3 is 16.4 Å². The molecule has 0 bridgehead atoms. The van der Waals surface area contributed by atoms with Crippen molar-refractivity contribution in [2.45, 2.75) is 6.54 Å². The Bertz CT molecular complexity index is 728. The first kappa shape index (κ1) is 17.0. The minimum Gasteiger partial charge on any atom is -0.368 e. The van der Waals surface area contributed by atoms with E-state index in [1.54, 1.807) is 36.4 Å². The first-order valence-corrected chi connectivity index (χ1v) is 7.84. The number of hydrogen-bond donors (Lipinski definition) is 3. The van der Waals surface area contributed by atoms with Gasteiger partial charge in [-0.2, -0.15) is 0 Å². The number of hydrogen-bond acceptors (Lipinski definition) is 4. The van der Waals surface area contributed by atoms with Crippen LogP contribution in [0, 0.1) is 0 Å². The summed E-state index contributed by atoms with van der Waals surface area (Å²) >= 11 is 6.99. The fourth-order valence-corrected chi connectivity index (χ4v) is 2.71. The maximum Gasteiger partial charge on any atom is 0.261 e. The molecule has 0 saturated carbocycles. The lowest BCUT2D eigenvalue weighted by molar-refractivity contribution is -0.117. The Labute approximate surface area is 141 Å². The van der Waals surface area contributed by atoms with Crippen molar-refractivity contribution in [1.82, 2.24) is 10.6 Å². The van der Waals surface area contributed by atoms with E-state index in [1.807, 2.05) is 0 Å². The number of amides is 3. The van der Waals surface area contributed by atoms with Gasteiger partial charge in [0.05, 0.1) is 15.8 Å². The molecule has 1 heterocycles. The first-order valence-electron chi connectivity index (χ1n) is 6.64. The van der Waals surface area contributed by atoms with Crippen LogP contribution in [0.1, 0.15) is 25.6 Å². The van der Waals surface area contributed by atoms with Crippen LogP contribution in [0.2, 0.25) is 4.34 Å². The SMILES string of the molecule is NC(=O)CNC(=O)c1ccc(CNC(=O)c2ccc(Cl)s2)cc1. The summed E-state index contributed by atoms with van der Waals surface area (Å²) in [5, 5.41) is 5.17. The topological polar surface area (TPSA) is 101 Å². The van der Waals surface area contributed by atoms with Crippen molar-refractivity contribution in [2.75, 3.05) is 6.54 Å². The third kappa shape index (κ3) is 5.08. The second kappa shape index (κ2) is 7.75. The molecule has 1 aromatic carbocycles. The maximum atomic E-state index is 11.9. The third-order valence-electron chi connectivity index (χ3n) is 2.89. The van der Waals surface area contributed by atoms with Crippen LogP contribution in [0.15, 0.2) is 36.4 Å². The van der Waals surface area contributed by atoms with Gasteiger partial charge in [-0.1, -0.05) is 23.7 Å². The molecule has 4 N–H and O–H groups in total. The molecule has 0 atom stereocenters. The van der Waals surface area contributed by atoms with Gasteiger partial charge in [-0.25, -0.2) is 0 Å². The third-order valence-corrected chi connectivity index (χ3v) is 4.12. The Balaban J connectivity index is 1.88. The zero-order valence-corrected chi connectivity index (χ0v) is 13.5. The van der Waals surface area contributed by atoms with Gasteiger partial charge in [0.1, 0.15) is 0 Å². The van der Waals surface area contributed by atoms with Gasteiger partial charge in [-0.15, -0.1) is 11.3 Å². The molecule has 0 unspecified atom stereocenters. The number of thiophene rings is 1. The van der Waals surface area contributed by atoms with Crippen LogP contribution in [-0.4, -0.2) is 24.3 Å². The van der Waals surface area contributed by atoms with Gasteiger partial charge in [-0.05, 0) is 29.8 Å². The van der Waals surface area contributed by atoms with E-state index in [0.717, 1.165) is 5.56 Å². The molecular formula is C15H14ClN3O3S. The average molecular weight is 352 g/mol. The normalized spacial score (nSPS) is 10.1. The molecule has 3 amide bonds. The van der Waals surface area contributed by atoms with Gasteiger partial charge >= 0.3 is 0 Å². The van der Waals surface area contributed by atoms with Crippen LogP contribution >= 0.6 is 22.9 Å². The summed E-state index contributed by atoms with van der Waals surface area (Å²) in [6.07, 6.45) is 0. The van der Waals surface area contributed by atoms with E-state index in [9.17, 15) is 14.4 Å². The molecule has 120 valence electrons. The highest BCUT2D eigenvalue weighted by atomic mass is 35.5. The average Bonchev–Trinajstić information content (AvgIpc) is 2.97. The van der Waals surface area contributed by atoms with E-state index in [-0.39, 0.29) is 18.4 Å². The standard InChI is InChI=1S/C15H14ClN3O3S/c16-12-6-5-11(23-12)15(22)18-7-9-1-3-10(4-2-9)14(21)19-8-13(17)20/h1-6H,7-8H2,(H2,17,20)(H,18,22)(H,19,21). The molecule has 0 aliphatic heterocycles. The molecule has 0 fully saturated rings. The molecule has 0 aliphatic rings. The minimum absolute atomic E-state index is 0.204. The summed E-state index contributed by atoms with van der Waals surface area (Å²) in [4.78, 5) is 34.8. The highest BCUT2D eigenvalue weighted by Crippen LogP contribution is 2.21. The van der Waals surface area contributed by atoms with Crippen LogP contribution < -0.4 is 16.4 Å². The highest BCUT2D eigenvalue weighted by Gasteiger charge is 2.09. The fourth-order valence-electron chi connectivity index (χ4n) is 1.75. The zero-order valence-electron chi connectivity index (χ0n) is 12.0. The summed E-state index contributed by atoms with van der Waals surface area (Å²) < 4.78 is 0.557. The number of primary amides is 1. The first-order chi connectivity index (χ1) is 11.0. The monoisotopic (exact) mass is 351 g/mol. The molecule has 0 saturated heterocycles. The summed E-state index contributed by atoms with van der Waals surface area (Å²) in [7, 11) is 0.